The summed E-state index contributed by atoms with van der Waals surface area (Å²) in [6.45, 7) is 0. The molecule has 0 atom stereocenters. The fourth-order valence-electron chi connectivity index (χ4n) is 7.73. The Bertz CT molecular complexity index is 3060. The highest BCUT2D eigenvalue weighted by molar-refractivity contribution is 6.26. The first kappa shape index (κ1) is 27.9. The fourth-order valence-corrected chi connectivity index (χ4v) is 7.73. The van der Waals surface area contributed by atoms with Crippen LogP contribution in [0.4, 0.5) is 0 Å². The van der Waals surface area contributed by atoms with Crippen molar-refractivity contribution in [3.63, 3.8) is 0 Å². The van der Waals surface area contributed by atoms with Crippen molar-refractivity contribution in [1.29, 1.82) is 0 Å². The summed E-state index contributed by atoms with van der Waals surface area (Å²) in [5.74, 6) is 1.77. The van der Waals surface area contributed by atoms with E-state index in [1.165, 1.54) is 5.39 Å². The highest BCUT2D eigenvalue weighted by Crippen LogP contribution is 2.43. The number of benzene rings is 7. The highest BCUT2D eigenvalue weighted by atomic mass is 16.3. The van der Waals surface area contributed by atoms with Gasteiger partial charge in [0.05, 0.1) is 27.5 Å². The van der Waals surface area contributed by atoms with E-state index in [4.69, 9.17) is 19.4 Å². The highest BCUT2D eigenvalue weighted by Gasteiger charge is 2.24. The van der Waals surface area contributed by atoms with Crippen LogP contribution in [0.2, 0.25) is 0 Å². The van der Waals surface area contributed by atoms with Crippen LogP contribution >= 0.6 is 0 Å². The summed E-state index contributed by atoms with van der Waals surface area (Å²) in [5.41, 5.74) is 8.92. The second-order valence-electron chi connectivity index (χ2n) is 12.9. The lowest BCUT2D eigenvalue weighted by Gasteiger charge is -2.11. The van der Waals surface area contributed by atoms with Crippen LogP contribution < -0.4 is 0 Å². The fraction of sp³-hybridized carbons (Fsp3) is 0. The van der Waals surface area contributed by atoms with Gasteiger partial charge < -0.3 is 8.98 Å². The molecule has 0 aliphatic heterocycles. The van der Waals surface area contributed by atoms with Crippen LogP contribution in [-0.4, -0.2) is 24.1 Å². The van der Waals surface area contributed by atoms with Crippen molar-refractivity contribution in [2.75, 3.05) is 0 Å². The molecule has 11 rings (SSSR count). The summed E-state index contributed by atoms with van der Waals surface area (Å²) >= 11 is 0. The molecule has 0 saturated carbocycles. The Hall–Kier alpha value is -7.05. The number of nitrogens with zero attached hydrogens (tertiary/aromatic N) is 5. The molecule has 6 heteroatoms. The number of hydrogen-bond acceptors (Lipinski definition) is 4. The normalized spacial score (nSPS) is 11.9. The average molecular weight is 654 g/mol. The lowest BCUT2D eigenvalue weighted by Crippen LogP contribution is -2.06. The monoisotopic (exact) mass is 653 g/mol. The number of aromatic nitrogens is 5. The second kappa shape index (κ2) is 10.7. The molecule has 0 bridgehead atoms. The first-order chi connectivity index (χ1) is 25.3. The topological polar surface area (TPSA) is 61.7 Å². The number of para-hydroxylation sites is 3. The quantitative estimate of drug-likeness (QED) is 0.190. The molecule has 0 saturated heterocycles. The van der Waals surface area contributed by atoms with Crippen LogP contribution in [0.25, 0.3) is 100.0 Å². The molecule has 6 nitrogen and oxygen atoms in total. The molecule has 238 valence electrons. The minimum Gasteiger partial charge on any atom is -0.456 e. The van der Waals surface area contributed by atoms with Crippen molar-refractivity contribution in [2.24, 2.45) is 0 Å². The first-order valence-corrected chi connectivity index (χ1v) is 17.0. The van der Waals surface area contributed by atoms with Gasteiger partial charge in [0.25, 0.3) is 0 Å². The third-order valence-electron chi connectivity index (χ3n) is 9.96. The number of hydrogen-bond donors (Lipinski definition) is 0. The predicted octanol–water partition coefficient (Wildman–Crippen LogP) is 11.3. The Morgan fingerprint density at radius 3 is 1.67 bits per heavy atom. The van der Waals surface area contributed by atoms with Gasteiger partial charge in [0.2, 0.25) is 5.95 Å². The summed E-state index contributed by atoms with van der Waals surface area (Å²) < 4.78 is 11.0. The first-order valence-electron chi connectivity index (χ1n) is 17.0. The summed E-state index contributed by atoms with van der Waals surface area (Å²) in [5, 5.41) is 6.61. The molecule has 0 fully saturated rings. The van der Waals surface area contributed by atoms with Gasteiger partial charge in [-0.2, -0.15) is 9.97 Å². The van der Waals surface area contributed by atoms with Crippen LogP contribution in [0, 0.1) is 0 Å². The van der Waals surface area contributed by atoms with Crippen LogP contribution in [0.3, 0.4) is 0 Å². The van der Waals surface area contributed by atoms with Crippen molar-refractivity contribution in [2.45, 2.75) is 0 Å². The molecule has 11 aromatic rings. The van der Waals surface area contributed by atoms with Gasteiger partial charge >= 0.3 is 0 Å². The second-order valence-corrected chi connectivity index (χ2v) is 12.9. The van der Waals surface area contributed by atoms with Gasteiger partial charge in [-0.3, -0.25) is 4.57 Å². The lowest BCUT2D eigenvalue weighted by atomic mass is 10.1. The van der Waals surface area contributed by atoms with E-state index in [0.717, 1.165) is 77.0 Å². The van der Waals surface area contributed by atoms with E-state index in [-0.39, 0.29) is 0 Å². The molecule has 0 unspecified atom stereocenters. The van der Waals surface area contributed by atoms with Gasteiger partial charge in [-0.1, -0.05) is 115 Å². The summed E-state index contributed by atoms with van der Waals surface area (Å²) in [6.07, 6.45) is 0. The summed E-state index contributed by atoms with van der Waals surface area (Å²) in [4.78, 5) is 15.5. The van der Waals surface area contributed by atoms with E-state index in [2.05, 4.69) is 100 Å². The van der Waals surface area contributed by atoms with Crippen molar-refractivity contribution in [1.82, 2.24) is 24.1 Å². The maximum atomic E-state index is 6.46. The number of fused-ring (bicyclic) bond motifs is 10. The zero-order chi connectivity index (χ0) is 33.5. The van der Waals surface area contributed by atoms with Crippen LogP contribution in [0.5, 0.6) is 0 Å². The zero-order valence-corrected chi connectivity index (χ0v) is 27.2. The van der Waals surface area contributed by atoms with Crippen molar-refractivity contribution >= 4 is 65.6 Å². The number of furan rings is 1. The molecule has 0 N–H and O–H groups in total. The van der Waals surface area contributed by atoms with Gasteiger partial charge in [0.1, 0.15) is 11.2 Å². The molecule has 4 aromatic heterocycles. The van der Waals surface area contributed by atoms with Crippen molar-refractivity contribution < 1.29 is 4.42 Å². The number of rotatable bonds is 4. The minimum atomic E-state index is 0.548. The Balaban J connectivity index is 1.34. The Morgan fingerprint density at radius 2 is 0.961 bits per heavy atom. The summed E-state index contributed by atoms with van der Waals surface area (Å²) in [6, 6.07) is 56.6. The Morgan fingerprint density at radius 1 is 0.392 bits per heavy atom. The maximum absolute atomic E-state index is 6.46. The van der Waals surface area contributed by atoms with Crippen LogP contribution in [-0.2, 0) is 0 Å². The SMILES string of the molecule is c1ccc(-c2nc(-c3ccccc3)nc(-n3c4cc5c6ccccc6n(-c6ccccc6)c5cc4c4ccc5oc6ccccc6c5c43)n2)cc1. The third kappa shape index (κ3) is 4.14. The zero-order valence-electron chi connectivity index (χ0n) is 27.2. The summed E-state index contributed by atoms with van der Waals surface area (Å²) in [7, 11) is 0. The van der Waals surface area contributed by atoms with Gasteiger partial charge in [0, 0.05) is 43.7 Å². The standard InChI is InChI=1S/C45H27N5O/c1-4-14-28(15-5-1)43-46-44(29-16-6-2-7-17-29)48-45(47-43)50-38-26-34-31-20-10-12-22-36(31)49(30-18-8-3-9-19-30)37(34)27-35(38)32-24-25-40-41(42(32)50)33-21-11-13-23-39(33)51-40/h1-27H. The Labute approximate surface area is 291 Å². The largest absolute Gasteiger partial charge is 0.456 e. The molecule has 0 amide bonds. The van der Waals surface area contributed by atoms with E-state index in [1.54, 1.807) is 0 Å². The molecule has 51 heavy (non-hydrogen) atoms. The average Bonchev–Trinajstić information content (AvgIpc) is 3.85. The van der Waals surface area contributed by atoms with Gasteiger partial charge in [0.15, 0.2) is 11.6 Å². The molecule has 0 aliphatic carbocycles. The van der Waals surface area contributed by atoms with E-state index in [9.17, 15) is 0 Å². The third-order valence-corrected chi connectivity index (χ3v) is 9.96. The van der Waals surface area contributed by atoms with E-state index >= 15 is 0 Å². The Kier molecular flexibility index (Phi) is 5.86. The molecular formula is C45H27N5O. The van der Waals surface area contributed by atoms with E-state index in [0.29, 0.717) is 17.6 Å². The molecular weight excluding hydrogens is 627 g/mol. The van der Waals surface area contributed by atoms with Gasteiger partial charge in [-0.25, -0.2) is 4.98 Å². The maximum Gasteiger partial charge on any atom is 0.238 e. The molecule has 4 heterocycles. The molecule has 0 spiro atoms. The van der Waals surface area contributed by atoms with Gasteiger partial charge in [-0.05, 0) is 48.5 Å². The molecule has 7 aromatic carbocycles. The lowest BCUT2D eigenvalue weighted by molar-refractivity contribution is 0.669. The minimum absolute atomic E-state index is 0.548. The molecule has 0 radical (unpaired) electrons. The van der Waals surface area contributed by atoms with Crippen molar-refractivity contribution in [3.05, 3.63) is 164 Å². The van der Waals surface area contributed by atoms with E-state index in [1.807, 2.05) is 72.8 Å². The predicted molar refractivity (Wildman–Crippen MR) is 207 cm³/mol. The van der Waals surface area contributed by atoms with Crippen LogP contribution in [0.15, 0.2) is 168 Å². The van der Waals surface area contributed by atoms with Crippen LogP contribution in [0.1, 0.15) is 0 Å². The smallest absolute Gasteiger partial charge is 0.238 e. The van der Waals surface area contributed by atoms with Crippen molar-refractivity contribution in [3.8, 4) is 34.4 Å². The molecule has 0 aliphatic rings. The van der Waals surface area contributed by atoms with Gasteiger partial charge in [-0.15, -0.1) is 0 Å². The van der Waals surface area contributed by atoms with E-state index < -0.39 is 0 Å².